The minimum absolute atomic E-state index is 0.0567. The molecular formula is C9H14O2. The van der Waals surface area contributed by atoms with Crippen LogP contribution in [-0.2, 0) is 9.59 Å². The van der Waals surface area contributed by atoms with Crippen molar-refractivity contribution >= 4 is 11.6 Å². The molecule has 0 spiro atoms. The van der Waals surface area contributed by atoms with Gasteiger partial charge in [-0.05, 0) is 19.3 Å². The average Bonchev–Trinajstić information content (AvgIpc) is 1.99. The van der Waals surface area contributed by atoms with E-state index in [0.29, 0.717) is 6.42 Å². The molecule has 1 atom stereocenters. The normalized spacial score (nSPS) is 25.7. The lowest BCUT2D eigenvalue weighted by molar-refractivity contribution is -0.141. The molecular weight excluding hydrogens is 140 g/mol. The number of carbonyl (C=O) groups excluding carboxylic acids is 2. The molecule has 0 amide bonds. The van der Waals surface area contributed by atoms with Crippen LogP contribution in [0, 0.1) is 5.92 Å². The third kappa shape index (κ3) is 1.88. The molecule has 0 radical (unpaired) electrons. The summed E-state index contributed by atoms with van der Waals surface area (Å²) < 4.78 is 0. The first kappa shape index (κ1) is 8.44. The number of rotatable bonds is 2. The molecule has 1 saturated carbocycles. The van der Waals surface area contributed by atoms with E-state index in [-0.39, 0.29) is 17.5 Å². The summed E-state index contributed by atoms with van der Waals surface area (Å²) in [5.41, 5.74) is 0. The van der Waals surface area contributed by atoms with Gasteiger partial charge in [-0.3, -0.25) is 9.59 Å². The zero-order valence-corrected chi connectivity index (χ0v) is 6.93. The van der Waals surface area contributed by atoms with Crippen molar-refractivity contribution in [3.8, 4) is 0 Å². The number of hydrogen-bond acceptors (Lipinski definition) is 2. The fourth-order valence-electron chi connectivity index (χ4n) is 1.61. The molecule has 11 heavy (non-hydrogen) atoms. The zero-order valence-electron chi connectivity index (χ0n) is 6.93. The second-order valence-electron chi connectivity index (χ2n) is 3.17. The van der Waals surface area contributed by atoms with E-state index >= 15 is 0 Å². The second-order valence-corrected chi connectivity index (χ2v) is 3.17. The maximum atomic E-state index is 11.2. The van der Waals surface area contributed by atoms with Crippen molar-refractivity contribution in [2.75, 3.05) is 0 Å². The summed E-state index contributed by atoms with van der Waals surface area (Å²) in [7, 11) is 0. The Kier molecular flexibility index (Phi) is 2.80. The second kappa shape index (κ2) is 3.65. The Morgan fingerprint density at radius 1 is 1.45 bits per heavy atom. The van der Waals surface area contributed by atoms with E-state index in [9.17, 15) is 9.59 Å². The maximum Gasteiger partial charge on any atom is 0.201 e. The summed E-state index contributed by atoms with van der Waals surface area (Å²) >= 11 is 0. The van der Waals surface area contributed by atoms with Gasteiger partial charge >= 0.3 is 0 Å². The molecule has 0 heterocycles. The molecule has 0 aromatic heterocycles. The monoisotopic (exact) mass is 154 g/mol. The SMILES string of the molecule is CCCC1CCCC(=O)C1=O. The lowest BCUT2D eigenvalue weighted by Gasteiger charge is -2.17. The summed E-state index contributed by atoms with van der Waals surface area (Å²) in [6.45, 7) is 2.05. The van der Waals surface area contributed by atoms with Crippen molar-refractivity contribution < 1.29 is 9.59 Å². The van der Waals surface area contributed by atoms with Crippen LogP contribution in [0.3, 0.4) is 0 Å². The molecule has 0 aliphatic heterocycles. The Hall–Kier alpha value is -0.660. The minimum Gasteiger partial charge on any atom is -0.291 e. The van der Waals surface area contributed by atoms with Crippen molar-refractivity contribution in [3.05, 3.63) is 0 Å². The van der Waals surface area contributed by atoms with Crippen molar-refractivity contribution in [2.45, 2.75) is 39.0 Å². The van der Waals surface area contributed by atoms with E-state index < -0.39 is 0 Å². The lowest BCUT2D eigenvalue weighted by atomic mass is 9.84. The highest BCUT2D eigenvalue weighted by Crippen LogP contribution is 2.22. The first-order valence-electron chi connectivity index (χ1n) is 4.32. The summed E-state index contributed by atoms with van der Waals surface area (Å²) in [5, 5.41) is 0. The highest BCUT2D eigenvalue weighted by atomic mass is 16.2. The molecule has 1 aliphatic carbocycles. The summed E-state index contributed by atoms with van der Waals surface area (Å²) in [4.78, 5) is 22.1. The molecule has 2 heteroatoms. The van der Waals surface area contributed by atoms with E-state index in [0.717, 1.165) is 25.7 Å². The van der Waals surface area contributed by atoms with Gasteiger partial charge in [-0.15, -0.1) is 0 Å². The third-order valence-electron chi connectivity index (χ3n) is 2.24. The van der Waals surface area contributed by atoms with E-state index in [1.165, 1.54) is 0 Å². The predicted octanol–water partition coefficient (Wildman–Crippen LogP) is 1.72. The van der Waals surface area contributed by atoms with Gasteiger partial charge in [0, 0.05) is 12.3 Å². The molecule has 0 N–H and O–H groups in total. The van der Waals surface area contributed by atoms with Crippen molar-refractivity contribution in [1.29, 1.82) is 0 Å². The number of ketones is 2. The quantitative estimate of drug-likeness (QED) is 0.567. The van der Waals surface area contributed by atoms with Gasteiger partial charge in [-0.25, -0.2) is 0 Å². The van der Waals surface area contributed by atoms with Gasteiger partial charge in [0.05, 0.1) is 0 Å². The largest absolute Gasteiger partial charge is 0.291 e. The topological polar surface area (TPSA) is 34.1 Å². The number of Topliss-reactive ketones (excluding diaryl/α,β-unsaturated/α-hetero) is 2. The molecule has 1 rings (SSSR count). The summed E-state index contributed by atoms with van der Waals surface area (Å²) in [6, 6.07) is 0. The minimum atomic E-state index is -0.144. The third-order valence-corrected chi connectivity index (χ3v) is 2.24. The van der Waals surface area contributed by atoms with Crippen molar-refractivity contribution in [2.24, 2.45) is 5.92 Å². The van der Waals surface area contributed by atoms with E-state index in [1.54, 1.807) is 0 Å². The van der Waals surface area contributed by atoms with Gasteiger partial charge in [0.15, 0.2) is 5.78 Å². The molecule has 1 fully saturated rings. The summed E-state index contributed by atoms with van der Waals surface area (Å²) in [6.07, 6.45) is 4.22. The van der Waals surface area contributed by atoms with Crippen molar-refractivity contribution in [3.63, 3.8) is 0 Å². The Balaban J connectivity index is 2.51. The first-order valence-corrected chi connectivity index (χ1v) is 4.32. The smallest absolute Gasteiger partial charge is 0.201 e. The fourth-order valence-corrected chi connectivity index (χ4v) is 1.61. The molecule has 0 aromatic rings. The Morgan fingerprint density at radius 2 is 2.18 bits per heavy atom. The van der Waals surface area contributed by atoms with Crippen LogP contribution in [0.5, 0.6) is 0 Å². The highest BCUT2D eigenvalue weighted by Gasteiger charge is 2.27. The van der Waals surface area contributed by atoms with Crippen LogP contribution >= 0.6 is 0 Å². The molecule has 62 valence electrons. The zero-order chi connectivity index (χ0) is 8.27. The van der Waals surface area contributed by atoms with E-state index in [2.05, 4.69) is 0 Å². The molecule has 1 unspecified atom stereocenters. The van der Waals surface area contributed by atoms with Crippen LogP contribution < -0.4 is 0 Å². The van der Waals surface area contributed by atoms with Gasteiger partial charge in [-0.2, -0.15) is 0 Å². The van der Waals surface area contributed by atoms with Gasteiger partial charge < -0.3 is 0 Å². The van der Waals surface area contributed by atoms with Gasteiger partial charge in [-0.1, -0.05) is 13.3 Å². The standard InChI is InChI=1S/C9H14O2/c1-2-4-7-5-3-6-8(10)9(7)11/h7H,2-6H2,1H3. The molecule has 2 nitrogen and oxygen atoms in total. The van der Waals surface area contributed by atoms with Gasteiger partial charge in [0.1, 0.15) is 0 Å². The Morgan fingerprint density at radius 3 is 2.82 bits per heavy atom. The molecule has 0 aromatic carbocycles. The summed E-state index contributed by atoms with van der Waals surface area (Å²) in [5.74, 6) is -0.200. The van der Waals surface area contributed by atoms with Crippen LogP contribution in [-0.4, -0.2) is 11.6 Å². The van der Waals surface area contributed by atoms with Crippen LogP contribution in [0.15, 0.2) is 0 Å². The average molecular weight is 154 g/mol. The highest BCUT2D eigenvalue weighted by molar-refractivity contribution is 6.38. The Labute approximate surface area is 67.0 Å². The lowest BCUT2D eigenvalue weighted by Crippen LogP contribution is -2.28. The van der Waals surface area contributed by atoms with E-state index in [1.807, 2.05) is 6.92 Å². The van der Waals surface area contributed by atoms with Gasteiger partial charge in [0.2, 0.25) is 5.78 Å². The first-order chi connectivity index (χ1) is 5.25. The van der Waals surface area contributed by atoms with Gasteiger partial charge in [0.25, 0.3) is 0 Å². The number of carbonyl (C=O) groups is 2. The number of hydrogen-bond donors (Lipinski definition) is 0. The molecule has 1 aliphatic rings. The molecule has 0 saturated heterocycles. The predicted molar refractivity (Wildman–Crippen MR) is 42.3 cm³/mol. The molecule has 0 bridgehead atoms. The van der Waals surface area contributed by atoms with E-state index in [4.69, 9.17) is 0 Å². The maximum absolute atomic E-state index is 11.2. The van der Waals surface area contributed by atoms with Crippen LogP contribution in [0.1, 0.15) is 39.0 Å². The fraction of sp³-hybridized carbons (Fsp3) is 0.778. The van der Waals surface area contributed by atoms with Crippen LogP contribution in [0.25, 0.3) is 0 Å². The Bertz CT molecular complexity index is 170. The van der Waals surface area contributed by atoms with Crippen LogP contribution in [0.2, 0.25) is 0 Å². The van der Waals surface area contributed by atoms with Crippen molar-refractivity contribution in [1.82, 2.24) is 0 Å². The van der Waals surface area contributed by atoms with Crippen LogP contribution in [0.4, 0.5) is 0 Å².